The van der Waals surface area contributed by atoms with E-state index in [0.29, 0.717) is 12.5 Å². The maximum Gasteiger partial charge on any atom is 0.225 e. The molecule has 5 heteroatoms. The molecule has 0 unspecified atom stereocenters. The highest BCUT2D eigenvalue weighted by molar-refractivity contribution is 14.1. The summed E-state index contributed by atoms with van der Waals surface area (Å²) in [6, 6.07) is 1.68. The summed E-state index contributed by atoms with van der Waals surface area (Å²) in [5, 5.41) is 0.218. The first-order chi connectivity index (χ1) is 5.33. The van der Waals surface area contributed by atoms with Crippen LogP contribution in [-0.4, -0.2) is 21.0 Å². The van der Waals surface area contributed by atoms with Gasteiger partial charge < -0.3 is 4.74 Å². The van der Waals surface area contributed by atoms with E-state index in [-0.39, 0.29) is 5.28 Å². The van der Waals surface area contributed by atoms with Gasteiger partial charge in [0.1, 0.15) is 0 Å². The standard InChI is InChI=1S/C6H6ClIN2O/c7-6-9-3-1-5(10-6)11-4-2-8/h1,3H,2,4H2. The average Bonchev–Trinajstić information content (AvgIpc) is 2.01. The smallest absolute Gasteiger partial charge is 0.225 e. The summed E-state index contributed by atoms with van der Waals surface area (Å²) in [6.07, 6.45) is 1.57. The van der Waals surface area contributed by atoms with Crippen LogP contribution < -0.4 is 4.74 Å². The first-order valence-corrected chi connectivity index (χ1v) is 4.90. The Hall–Kier alpha value is -0.100. The summed E-state index contributed by atoms with van der Waals surface area (Å²) in [5.41, 5.74) is 0. The Morgan fingerprint density at radius 3 is 3.09 bits per heavy atom. The predicted molar refractivity (Wildman–Crippen MR) is 51.4 cm³/mol. The molecule has 0 saturated heterocycles. The van der Waals surface area contributed by atoms with Crippen LogP contribution in [0.2, 0.25) is 5.28 Å². The largest absolute Gasteiger partial charge is 0.477 e. The molecule has 0 radical (unpaired) electrons. The van der Waals surface area contributed by atoms with Gasteiger partial charge in [0.2, 0.25) is 11.2 Å². The van der Waals surface area contributed by atoms with Crippen LogP contribution in [0.5, 0.6) is 5.88 Å². The lowest BCUT2D eigenvalue weighted by Gasteiger charge is -2.00. The summed E-state index contributed by atoms with van der Waals surface area (Å²) in [6.45, 7) is 0.647. The molecule has 1 aromatic heterocycles. The molecule has 0 amide bonds. The average molecular weight is 284 g/mol. The highest BCUT2D eigenvalue weighted by Gasteiger charge is 1.95. The van der Waals surface area contributed by atoms with Gasteiger partial charge >= 0.3 is 0 Å². The van der Waals surface area contributed by atoms with E-state index in [9.17, 15) is 0 Å². The fourth-order valence-electron chi connectivity index (χ4n) is 0.543. The van der Waals surface area contributed by atoms with Crippen molar-refractivity contribution in [2.45, 2.75) is 0 Å². The highest BCUT2D eigenvalue weighted by atomic mass is 127. The lowest BCUT2D eigenvalue weighted by molar-refractivity contribution is 0.332. The third-order valence-corrected chi connectivity index (χ3v) is 1.55. The van der Waals surface area contributed by atoms with Crippen molar-refractivity contribution in [2.24, 2.45) is 0 Å². The van der Waals surface area contributed by atoms with Crippen LogP contribution >= 0.6 is 34.2 Å². The maximum absolute atomic E-state index is 5.52. The van der Waals surface area contributed by atoms with Crippen LogP contribution in [0.25, 0.3) is 0 Å². The lowest BCUT2D eigenvalue weighted by atomic mass is 10.6. The van der Waals surface area contributed by atoms with Crippen molar-refractivity contribution in [3.8, 4) is 5.88 Å². The molecule has 0 atom stereocenters. The molecule has 0 aliphatic carbocycles. The quantitative estimate of drug-likeness (QED) is 0.483. The van der Waals surface area contributed by atoms with E-state index >= 15 is 0 Å². The number of hydrogen-bond acceptors (Lipinski definition) is 3. The molecule has 0 saturated carbocycles. The van der Waals surface area contributed by atoms with Crippen molar-refractivity contribution < 1.29 is 4.74 Å². The topological polar surface area (TPSA) is 35.0 Å². The van der Waals surface area contributed by atoms with Gasteiger partial charge in [0.25, 0.3) is 0 Å². The van der Waals surface area contributed by atoms with E-state index in [1.54, 1.807) is 12.3 Å². The van der Waals surface area contributed by atoms with Crippen molar-refractivity contribution in [1.29, 1.82) is 0 Å². The molecule has 11 heavy (non-hydrogen) atoms. The Morgan fingerprint density at radius 1 is 1.64 bits per heavy atom. The molecule has 0 aliphatic rings. The third kappa shape index (κ3) is 3.20. The normalized spacial score (nSPS) is 9.64. The molecule has 0 aromatic carbocycles. The second-order valence-electron chi connectivity index (χ2n) is 1.70. The van der Waals surface area contributed by atoms with E-state index in [2.05, 4.69) is 32.6 Å². The Balaban J connectivity index is 2.56. The highest BCUT2D eigenvalue weighted by Crippen LogP contribution is 2.07. The minimum Gasteiger partial charge on any atom is -0.477 e. The van der Waals surface area contributed by atoms with Crippen LogP contribution in [-0.2, 0) is 0 Å². The Kier molecular flexibility index (Phi) is 3.85. The second kappa shape index (κ2) is 4.71. The summed E-state index contributed by atoms with van der Waals surface area (Å²) < 4.78 is 6.12. The Morgan fingerprint density at radius 2 is 2.45 bits per heavy atom. The number of ether oxygens (including phenoxy) is 1. The molecule has 60 valence electrons. The lowest BCUT2D eigenvalue weighted by Crippen LogP contribution is -1.99. The van der Waals surface area contributed by atoms with Gasteiger partial charge in [-0.3, -0.25) is 0 Å². The number of aromatic nitrogens is 2. The molecule has 0 spiro atoms. The summed E-state index contributed by atoms with van der Waals surface area (Å²) in [4.78, 5) is 7.56. The van der Waals surface area contributed by atoms with E-state index in [0.717, 1.165) is 4.43 Å². The molecule has 1 heterocycles. The minimum atomic E-state index is 0.218. The van der Waals surface area contributed by atoms with Crippen molar-refractivity contribution >= 4 is 34.2 Å². The zero-order valence-corrected chi connectivity index (χ0v) is 8.54. The Labute approximate surface area is 83.3 Å². The molecule has 3 nitrogen and oxygen atoms in total. The van der Waals surface area contributed by atoms with E-state index in [4.69, 9.17) is 16.3 Å². The predicted octanol–water partition coefficient (Wildman–Crippen LogP) is 1.94. The van der Waals surface area contributed by atoms with Crippen molar-refractivity contribution in [2.75, 3.05) is 11.0 Å². The molecular weight excluding hydrogens is 278 g/mol. The third-order valence-electron chi connectivity index (χ3n) is 0.928. The van der Waals surface area contributed by atoms with Gasteiger partial charge in [-0.05, 0) is 11.6 Å². The maximum atomic E-state index is 5.52. The van der Waals surface area contributed by atoms with Gasteiger partial charge in [-0.1, -0.05) is 22.6 Å². The number of alkyl halides is 1. The van der Waals surface area contributed by atoms with Gasteiger partial charge in [0.05, 0.1) is 6.61 Å². The molecule has 0 N–H and O–H groups in total. The van der Waals surface area contributed by atoms with Crippen molar-refractivity contribution in [3.05, 3.63) is 17.5 Å². The van der Waals surface area contributed by atoms with Crippen LogP contribution in [0.4, 0.5) is 0 Å². The molecule has 1 aromatic rings. The summed E-state index contributed by atoms with van der Waals surface area (Å²) in [5.74, 6) is 0.529. The zero-order valence-electron chi connectivity index (χ0n) is 5.63. The van der Waals surface area contributed by atoms with Crippen LogP contribution in [0.3, 0.4) is 0 Å². The van der Waals surface area contributed by atoms with Gasteiger partial charge in [0.15, 0.2) is 0 Å². The zero-order chi connectivity index (χ0) is 8.10. The monoisotopic (exact) mass is 284 g/mol. The number of rotatable bonds is 3. The summed E-state index contributed by atoms with van der Waals surface area (Å²) >= 11 is 7.74. The van der Waals surface area contributed by atoms with Gasteiger partial charge in [-0.25, -0.2) is 4.98 Å². The number of hydrogen-bond donors (Lipinski definition) is 0. The fraction of sp³-hybridized carbons (Fsp3) is 0.333. The molecule has 0 aliphatic heterocycles. The van der Waals surface area contributed by atoms with Gasteiger partial charge in [0, 0.05) is 16.7 Å². The van der Waals surface area contributed by atoms with Gasteiger partial charge in [-0.15, -0.1) is 0 Å². The van der Waals surface area contributed by atoms with Crippen LogP contribution in [0, 0.1) is 0 Å². The van der Waals surface area contributed by atoms with Crippen LogP contribution in [0.1, 0.15) is 0 Å². The number of nitrogens with zero attached hydrogens (tertiary/aromatic N) is 2. The molecule has 0 bridgehead atoms. The van der Waals surface area contributed by atoms with Crippen molar-refractivity contribution in [1.82, 2.24) is 9.97 Å². The minimum absolute atomic E-state index is 0.218. The number of halogens is 2. The molecular formula is C6H6ClIN2O. The first kappa shape index (κ1) is 8.99. The Bertz CT molecular complexity index is 234. The van der Waals surface area contributed by atoms with E-state index in [1.165, 1.54) is 0 Å². The van der Waals surface area contributed by atoms with Gasteiger partial charge in [-0.2, -0.15) is 4.98 Å². The summed E-state index contributed by atoms with van der Waals surface area (Å²) in [7, 11) is 0. The fourth-order valence-corrected chi connectivity index (χ4v) is 0.903. The molecule has 0 fully saturated rings. The molecule has 1 rings (SSSR count). The van der Waals surface area contributed by atoms with Crippen LogP contribution in [0.15, 0.2) is 12.3 Å². The van der Waals surface area contributed by atoms with E-state index < -0.39 is 0 Å². The first-order valence-electron chi connectivity index (χ1n) is 3.00. The van der Waals surface area contributed by atoms with Crippen molar-refractivity contribution in [3.63, 3.8) is 0 Å². The van der Waals surface area contributed by atoms with E-state index in [1.807, 2.05) is 0 Å². The SMILES string of the molecule is Clc1nccc(OCCI)n1. The second-order valence-corrected chi connectivity index (χ2v) is 3.12.